The van der Waals surface area contributed by atoms with Crippen LogP contribution in [0.2, 0.25) is 0 Å². The van der Waals surface area contributed by atoms with Crippen molar-refractivity contribution in [2.75, 3.05) is 26.8 Å². The van der Waals surface area contributed by atoms with Crippen LogP contribution in [0.25, 0.3) is 0 Å². The zero-order valence-electron chi connectivity index (χ0n) is 13.9. The molecule has 0 N–H and O–H groups in total. The van der Waals surface area contributed by atoms with Gasteiger partial charge in [0.1, 0.15) is 0 Å². The fraction of sp³-hybridized carbons (Fsp3) is 0.875. The highest BCUT2D eigenvalue weighted by atomic mass is 16.7. The van der Waals surface area contributed by atoms with Gasteiger partial charge in [0.15, 0.2) is 13.6 Å². The van der Waals surface area contributed by atoms with E-state index >= 15 is 0 Å². The summed E-state index contributed by atoms with van der Waals surface area (Å²) < 4.78 is 19.7. The molecule has 0 aliphatic heterocycles. The summed E-state index contributed by atoms with van der Waals surface area (Å²) >= 11 is 0. The van der Waals surface area contributed by atoms with Crippen LogP contribution >= 0.6 is 0 Å². The van der Waals surface area contributed by atoms with Crippen LogP contribution in [0.5, 0.6) is 0 Å². The Bertz CT molecular complexity index is 252. The maximum absolute atomic E-state index is 10.5. The molecule has 0 amide bonds. The molecular weight excluding hydrogens is 288 g/mol. The van der Waals surface area contributed by atoms with Crippen molar-refractivity contribution in [3.05, 3.63) is 0 Å². The quantitative estimate of drug-likeness (QED) is 0.262. The van der Waals surface area contributed by atoms with E-state index in [1.807, 2.05) is 0 Å². The van der Waals surface area contributed by atoms with E-state index in [1.165, 1.54) is 39.5 Å². The molecular formula is C16H30O6. The number of carbonyl (C=O) groups excluding carboxylic acids is 2. The van der Waals surface area contributed by atoms with Crippen LogP contribution in [0.15, 0.2) is 0 Å². The van der Waals surface area contributed by atoms with Crippen LogP contribution in [0, 0.1) is 0 Å². The molecule has 0 saturated carbocycles. The van der Waals surface area contributed by atoms with E-state index in [4.69, 9.17) is 9.47 Å². The van der Waals surface area contributed by atoms with Crippen molar-refractivity contribution in [3.63, 3.8) is 0 Å². The summed E-state index contributed by atoms with van der Waals surface area (Å²) in [5.41, 5.74) is 0. The van der Waals surface area contributed by atoms with E-state index < -0.39 is 0 Å². The topological polar surface area (TPSA) is 71.1 Å². The molecule has 130 valence electrons. The Balaban J connectivity index is 2.99. The summed E-state index contributed by atoms with van der Waals surface area (Å²) in [5.74, 6) is -0.617. The van der Waals surface area contributed by atoms with E-state index in [9.17, 15) is 9.59 Å². The molecule has 0 aromatic rings. The number of unbranched alkanes of at least 4 members (excludes halogenated alkanes) is 7. The molecule has 0 radical (unpaired) electrons. The van der Waals surface area contributed by atoms with Gasteiger partial charge in [0.2, 0.25) is 0 Å². The van der Waals surface area contributed by atoms with Crippen molar-refractivity contribution in [3.8, 4) is 0 Å². The monoisotopic (exact) mass is 318 g/mol. The first-order valence-corrected chi connectivity index (χ1v) is 8.05. The summed E-state index contributed by atoms with van der Waals surface area (Å²) in [4.78, 5) is 20.9. The highest BCUT2D eigenvalue weighted by Gasteiger charge is 1.95. The number of hydrogen-bond donors (Lipinski definition) is 0. The van der Waals surface area contributed by atoms with Gasteiger partial charge in [-0.05, 0) is 12.8 Å². The fourth-order valence-corrected chi connectivity index (χ4v) is 1.84. The molecule has 0 aliphatic rings. The van der Waals surface area contributed by atoms with Crippen LogP contribution in [-0.4, -0.2) is 38.7 Å². The Kier molecular flexibility index (Phi) is 15.4. The van der Waals surface area contributed by atoms with Crippen LogP contribution in [0.4, 0.5) is 0 Å². The van der Waals surface area contributed by atoms with Gasteiger partial charge in [-0.25, -0.2) is 0 Å². The molecule has 0 atom stereocenters. The maximum Gasteiger partial charge on any atom is 0.304 e. The number of hydrogen-bond acceptors (Lipinski definition) is 6. The molecule has 0 aromatic heterocycles. The largest absolute Gasteiger partial charge is 0.439 e. The zero-order valence-corrected chi connectivity index (χ0v) is 13.9. The van der Waals surface area contributed by atoms with Gasteiger partial charge in [0.05, 0.1) is 13.2 Å². The van der Waals surface area contributed by atoms with Crippen LogP contribution in [-0.2, 0) is 28.5 Å². The highest BCUT2D eigenvalue weighted by Crippen LogP contribution is 2.08. The molecule has 6 nitrogen and oxygen atoms in total. The lowest BCUT2D eigenvalue weighted by Gasteiger charge is -2.05. The molecule has 0 rings (SSSR count). The second-order valence-electron chi connectivity index (χ2n) is 5.15. The van der Waals surface area contributed by atoms with Gasteiger partial charge in [-0.3, -0.25) is 9.59 Å². The van der Waals surface area contributed by atoms with Gasteiger partial charge in [0, 0.05) is 13.8 Å². The third kappa shape index (κ3) is 18.9. The van der Waals surface area contributed by atoms with Gasteiger partial charge in [0.25, 0.3) is 0 Å². The first-order chi connectivity index (χ1) is 10.6. The SMILES string of the molecule is CC(=O)OCOCCCCCCCCCCOCOC(C)=O. The predicted molar refractivity (Wildman–Crippen MR) is 82.1 cm³/mol. The lowest BCUT2D eigenvalue weighted by atomic mass is 10.1. The lowest BCUT2D eigenvalue weighted by Crippen LogP contribution is -2.05. The number of carbonyl (C=O) groups is 2. The summed E-state index contributed by atoms with van der Waals surface area (Å²) in [6, 6.07) is 0. The number of rotatable bonds is 15. The molecule has 6 heteroatoms. The van der Waals surface area contributed by atoms with Gasteiger partial charge >= 0.3 is 11.9 Å². The fourth-order valence-electron chi connectivity index (χ4n) is 1.84. The van der Waals surface area contributed by atoms with Crippen LogP contribution in [0.3, 0.4) is 0 Å². The summed E-state index contributed by atoms with van der Waals surface area (Å²) in [7, 11) is 0. The maximum atomic E-state index is 10.5. The third-order valence-corrected chi connectivity index (χ3v) is 3.02. The highest BCUT2D eigenvalue weighted by molar-refractivity contribution is 5.66. The molecule has 0 spiro atoms. The Hall–Kier alpha value is -1.14. The van der Waals surface area contributed by atoms with Gasteiger partial charge in [-0.2, -0.15) is 0 Å². The number of esters is 2. The van der Waals surface area contributed by atoms with E-state index in [1.54, 1.807) is 0 Å². The minimum absolute atomic E-state index is 0.0643. The molecule has 0 unspecified atom stereocenters. The Morgan fingerprint density at radius 1 is 0.591 bits per heavy atom. The Labute approximate surface area is 133 Å². The van der Waals surface area contributed by atoms with Crippen molar-refractivity contribution in [1.82, 2.24) is 0 Å². The third-order valence-electron chi connectivity index (χ3n) is 3.02. The molecule has 0 fully saturated rings. The second kappa shape index (κ2) is 16.2. The predicted octanol–water partition coefficient (Wildman–Crippen LogP) is 3.18. The second-order valence-corrected chi connectivity index (χ2v) is 5.15. The smallest absolute Gasteiger partial charge is 0.304 e. The molecule has 0 bridgehead atoms. The van der Waals surface area contributed by atoms with E-state index in [0.29, 0.717) is 13.2 Å². The first-order valence-electron chi connectivity index (χ1n) is 8.05. The normalized spacial score (nSPS) is 10.5. The standard InChI is InChI=1S/C16H30O6/c1-15(17)21-13-19-11-9-7-5-3-4-6-8-10-12-20-14-22-16(2)18/h3-14H2,1-2H3. The molecule has 0 aromatic carbocycles. The van der Waals surface area contributed by atoms with Crippen molar-refractivity contribution in [2.45, 2.75) is 65.2 Å². The van der Waals surface area contributed by atoms with E-state index in [2.05, 4.69) is 9.47 Å². The van der Waals surface area contributed by atoms with Crippen molar-refractivity contribution >= 4 is 11.9 Å². The van der Waals surface area contributed by atoms with Gasteiger partial charge in [-0.1, -0.05) is 38.5 Å². The van der Waals surface area contributed by atoms with E-state index in [0.717, 1.165) is 25.7 Å². The Morgan fingerprint density at radius 3 is 1.23 bits per heavy atom. The van der Waals surface area contributed by atoms with Crippen LogP contribution < -0.4 is 0 Å². The first kappa shape index (κ1) is 20.9. The average Bonchev–Trinajstić information content (AvgIpc) is 2.46. The van der Waals surface area contributed by atoms with Crippen molar-refractivity contribution < 1.29 is 28.5 Å². The Morgan fingerprint density at radius 2 is 0.909 bits per heavy atom. The van der Waals surface area contributed by atoms with Gasteiger partial charge in [-0.15, -0.1) is 0 Å². The minimum Gasteiger partial charge on any atom is -0.439 e. The molecule has 0 saturated heterocycles. The lowest BCUT2D eigenvalue weighted by molar-refractivity contribution is -0.154. The summed E-state index contributed by atoms with van der Waals surface area (Å²) in [6.07, 6.45) is 9.18. The number of ether oxygens (including phenoxy) is 4. The molecule has 0 heterocycles. The van der Waals surface area contributed by atoms with E-state index in [-0.39, 0.29) is 25.5 Å². The zero-order chi connectivity index (χ0) is 16.5. The van der Waals surface area contributed by atoms with Crippen molar-refractivity contribution in [2.24, 2.45) is 0 Å². The summed E-state index contributed by atoms with van der Waals surface area (Å²) in [6.45, 7) is 4.16. The average molecular weight is 318 g/mol. The summed E-state index contributed by atoms with van der Waals surface area (Å²) in [5, 5.41) is 0. The van der Waals surface area contributed by atoms with Crippen LogP contribution in [0.1, 0.15) is 65.2 Å². The minimum atomic E-state index is -0.309. The molecule has 22 heavy (non-hydrogen) atoms. The van der Waals surface area contributed by atoms with Gasteiger partial charge < -0.3 is 18.9 Å². The molecule has 0 aliphatic carbocycles. The van der Waals surface area contributed by atoms with Crippen molar-refractivity contribution in [1.29, 1.82) is 0 Å².